The summed E-state index contributed by atoms with van der Waals surface area (Å²) in [5.41, 5.74) is 2.03. The summed E-state index contributed by atoms with van der Waals surface area (Å²) in [5, 5.41) is 3.16. The highest BCUT2D eigenvalue weighted by molar-refractivity contribution is 5.37. The molecule has 0 bridgehead atoms. The van der Waals surface area contributed by atoms with Crippen LogP contribution in [0.15, 0.2) is 59.5 Å². The van der Waals surface area contributed by atoms with Crippen molar-refractivity contribution in [3.05, 3.63) is 82.2 Å². The molecule has 0 aliphatic heterocycles. The molecule has 106 valence electrons. The lowest BCUT2D eigenvalue weighted by Crippen LogP contribution is -2.19. The summed E-state index contributed by atoms with van der Waals surface area (Å²) in [4.78, 5) is 16.3. The predicted molar refractivity (Wildman–Crippen MR) is 78.4 cm³/mol. The van der Waals surface area contributed by atoms with E-state index < -0.39 is 0 Å². The number of hydrogen-bond donors (Lipinski definition) is 1. The molecule has 2 aromatic heterocycles. The highest BCUT2D eigenvalue weighted by atomic mass is 19.1. The van der Waals surface area contributed by atoms with E-state index in [0.29, 0.717) is 24.4 Å². The zero-order valence-electron chi connectivity index (χ0n) is 11.3. The fourth-order valence-corrected chi connectivity index (χ4v) is 2.18. The largest absolute Gasteiger partial charge is 0.307 e. The van der Waals surface area contributed by atoms with Crippen LogP contribution in [0.4, 0.5) is 4.39 Å². The molecule has 0 radical (unpaired) electrons. The van der Waals surface area contributed by atoms with Gasteiger partial charge in [0.15, 0.2) is 0 Å². The number of nitrogens with zero attached hydrogens (tertiary/aromatic N) is 2. The summed E-state index contributed by atoms with van der Waals surface area (Å²) in [6.07, 6.45) is 1.69. The third-order valence-corrected chi connectivity index (χ3v) is 3.15. The average Bonchev–Trinajstić information content (AvgIpc) is 2.47. The van der Waals surface area contributed by atoms with Gasteiger partial charge in [0.2, 0.25) is 0 Å². The lowest BCUT2D eigenvalue weighted by atomic mass is 10.2. The van der Waals surface area contributed by atoms with Crippen LogP contribution in [-0.2, 0) is 13.1 Å². The molecular formula is C16H14FN3O. The van der Waals surface area contributed by atoms with Crippen LogP contribution in [-0.4, -0.2) is 9.38 Å². The summed E-state index contributed by atoms with van der Waals surface area (Å²) in [7, 11) is 0. The van der Waals surface area contributed by atoms with Crippen LogP contribution >= 0.6 is 0 Å². The lowest BCUT2D eigenvalue weighted by Gasteiger charge is -2.06. The molecule has 4 nitrogen and oxygen atoms in total. The molecule has 5 heteroatoms. The van der Waals surface area contributed by atoms with Crippen molar-refractivity contribution in [2.24, 2.45) is 0 Å². The fraction of sp³-hybridized carbons (Fsp3) is 0.125. The second kappa shape index (κ2) is 5.85. The summed E-state index contributed by atoms with van der Waals surface area (Å²) in [5.74, 6) is -0.253. The summed E-state index contributed by atoms with van der Waals surface area (Å²) in [6.45, 7) is 0.977. The van der Waals surface area contributed by atoms with E-state index in [9.17, 15) is 9.18 Å². The summed E-state index contributed by atoms with van der Waals surface area (Å²) >= 11 is 0. The maximum atomic E-state index is 13.1. The number of hydrogen-bond acceptors (Lipinski definition) is 3. The second-order valence-electron chi connectivity index (χ2n) is 4.75. The molecule has 0 aliphatic rings. The van der Waals surface area contributed by atoms with Gasteiger partial charge in [-0.2, -0.15) is 0 Å². The molecule has 0 unspecified atom stereocenters. The Bertz CT molecular complexity index is 829. The normalized spacial score (nSPS) is 10.9. The van der Waals surface area contributed by atoms with Crippen LogP contribution in [0, 0.1) is 5.82 Å². The standard InChI is InChI=1S/C16H14FN3O/c17-13-5-3-4-12(8-13)10-18-11-14-9-16(21)20-7-2-1-6-15(20)19-14/h1-9,18H,10-11H2. The maximum absolute atomic E-state index is 13.1. The smallest absolute Gasteiger partial charge is 0.258 e. The molecule has 1 N–H and O–H groups in total. The number of fused-ring (bicyclic) bond motifs is 1. The van der Waals surface area contributed by atoms with Gasteiger partial charge in [0.05, 0.1) is 5.69 Å². The van der Waals surface area contributed by atoms with Crippen LogP contribution in [0.5, 0.6) is 0 Å². The van der Waals surface area contributed by atoms with Gasteiger partial charge in [0.25, 0.3) is 5.56 Å². The molecule has 3 aromatic rings. The van der Waals surface area contributed by atoms with E-state index in [2.05, 4.69) is 10.3 Å². The number of halogens is 1. The SMILES string of the molecule is O=c1cc(CNCc2cccc(F)c2)nc2ccccn12. The number of rotatable bonds is 4. The molecule has 0 spiro atoms. The molecular weight excluding hydrogens is 269 g/mol. The highest BCUT2D eigenvalue weighted by Crippen LogP contribution is 2.04. The van der Waals surface area contributed by atoms with E-state index in [-0.39, 0.29) is 11.4 Å². The monoisotopic (exact) mass is 283 g/mol. The van der Waals surface area contributed by atoms with Crippen molar-refractivity contribution in [2.75, 3.05) is 0 Å². The molecule has 2 heterocycles. The first-order chi connectivity index (χ1) is 10.2. The molecule has 0 atom stereocenters. The summed E-state index contributed by atoms with van der Waals surface area (Å²) < 4.78 is 14.6. The molecule has 21 heavy (non-hydrogen) atoms. The summed E-state index contributed by atoms with van der Waals surface area (Å²) in [6, 6.07) is 13.3. The van der Waals surface area contributed by atoms with Gasteiger partial charge in [0, 0.05) is 25.4 Å². The first kappa shape index (κ1) is 13.5. The Labute approximate surface area is 120 Å². The third-order valence-electron chi connectivity index (χ3n) is 3.15. The molecule has 0 saturated carbocycles. The van der Waals surface area contributed by atoms with E-state index in [1.165, 1.54) is 22.6 Å². The van der Waals surface area contributed by atoms with Gasteiger partial charge in [-0.05, 0) is 29.8 Å². The van der Waals surface area contributed by atoms with Crippen molar-refractivity contribution < 1.29 is 4.39 Å². The van der Waals surface area contributed by atoms with E-state index in [1.807, 2.05) is 12.1 Å². The Balaban J connectivity index is 1.72. The number of pyridine rings is 1. The van der Waals surface area contributed by atoms with Crippen molar-refractivity contribution in [1.29, 1.82) is 0 Å². The van der Waals surface area contributed by atoms with E-state index >= 15 is 0 Å². The minimum atomic E-state index is -0.253. The first-order valence-corrected chi connectivity index (χ1v) is 6.65. The van der Waals surface area contributed by atoms with Crippen LogP contribution in [0.1, 0.15) is 11.3 Å². The van der Waals surface area contributed by atoms with Crippen LogP contribution in [0.3, 0.4) is 0 Å². The number of benzene rings is 1. The average molecular weight is 283 g/mol. The molecule has 0 aliphatic carbocycles. The van der Waals surface area contributed by atoms with Gasteiger partial charge in [-0.3, -0.25) is 9.20 Å². The van der Waals surface area contributed by atoms with Gasteiger partial charge in [0.1, 0.15) is 11.5 Å². The van der Waals surface area contributed by atoms with Gasteiger partial charge < -0.3 is 5.32 Å². The zero-order valence-corrected chi connectivity index (χ0v) is 11.3. The first-order valence-electron chi connectivity index (χ1n) is 6.65. The van der Waals surface area contributed by atoms with Crippen LogP contribution < -0.4 is 10.9 Å². The molecule has 0 fully saturated rings. The Hall–Kier alpha value is -2.53. The predicted octanol–water partition coefficient (Wildman–Crippen LogP) is 2.12. The van der Waals surface area contributed by atoms with E-state index in [0.717, 1.165) is 5.56 Å². The number of nitrogens with one attached hydrogen (secondary N) is 1. The van der Waals surface area contributed by atoms with Crippen molar-refractivity contribution in [2.45, 2.75) is 13.1 Å². The van der Waals surface area contributed by atoms with Gasteiger partial charge >= 0.3 is 0 Å². The Morgan fingerprint density at radius 2 is 2.00 bits per heavy atom. The molecule has 1 aromatic carbocycles. The lowest BCUT2D eigenvalue weighted by molar-refractivity contribution is 0.619. The van der Waals surface area contributed by atoms with Crippen molar-refractivity contribution in [3.63, 3.8) is 0 Å². The van der Waals surface area contributed by atoms with Gasteiger partial charge in [-0.15, -0.1) is 0 Å². The van der Waals surface area contributed by atoms with Crippen molar-refractivity contribution >= 4 is 5.65 Å². The molecule has 3 rings (SSSR count). The van der Waals surface area contributed by atoms with Crippen molar-refractivity contribution in [1.82, 2.24) is 14.7 Å². The fourth-order valence-electron chi connectivity index (χ4n) is 2.18. The minimum absolute atomic E-state index is 0.108. The molecule has 0 saturated heterocycles. The van der Waals surface area contributed by atoms with E-state index in [1.54, 1.807) is 24.4 Å². The Morgan fingerprint density at radius 1 is 1.10 bits per heavy atom. The third kappa shape index (κ3) is 3.14. The second-order valence-corrected chi connectivity index (χ2v) is 4.75. The Kier molecular flexibility index (Phi) is 3.75. The zero-order chi connectivity index (χ0) is 14.7. The quantitative estimate of drug-likeness (QED) is 0.798. The Morgan fingerprint density at radius 3 is 2.86 bits per heavy atom. The topological polar surface area (TPSA) is 46.4 Å². The van der Waals surface area contributed by atoms with Gasteiger partial charge in [-0.1, -0.05) is 18.2 Å². The van der Waals surface area contributed by atoms with Crippen molar-refractivity contribution in [3.8, 4) is 0 Å². The number of aromatic nitrogens is 2. The molecule has 0 amide bonds. The van der Waals surface area contributed by atoms with Crippen LogP contribution in [0.2, 0.25) is 0 Å². The van der Waals surface area contributed by atoms with Crippen LogP contribution in [0.25, 0.3) is 5.65 Å². The van der Waals surface area contributed by atoms with E-state index in [4.69, 9.17) is 0 Å². The maximum Gasteiger partial charge on any atom is 0.258 e. The minimum Gasteiger partial charge on any atom is -0.307 e. The van der Waals surface area contributed by atoms with Gasteiger partial charge in [-0.25, -0.2) is 9.37 Å². The highest BCUT2D eigenvalue weighted by Gasteiger charge is 2.02.